The molecule has 1 N–H and O–H groups in total. The minimum atomic E-state index is -0.00811. The van der Waals surface area contributed by atoms with Crippen molar-refractivity contribution in [2.24, 2.45) is 0 Å². The first-order chi connectivity index (χ1) is 9.40. The van der Waals surface area contributed by atoms with E-state index in [4.69, 9.17) is 0 Å². The van der Waals surface area contributed by atoms with Crippen molar-refractivity contribution in [1.29, 1.82) is 0 Å². The van der Waals surface area contributed by atoms with E-state index in [0.717, 1.165) is 19.4 Å². The third-order valence-electron chi connectivity index (χ3n) is 4.00. The Morgan fingerprint density at radius 2 is 2.05 bits per heavy atom. The molecule has 1 amide bonds. The van der Waals surface area contributed by atoms with E-state index in [9.17, 15) is 4.79 Å². The van der Waals surface area contributed by atoms with Crippen LogP contribution in [-0.2, 0) is 4.79 Å². The van der Waals surface area contributed by atoms with Crippen LogP contribution in [0.25, 0.3) is 0 Å². The van der Waals surface area contributed by atoms with E-state index in [1.165, 1.54) is 15.3 Å². The van der Waals surface area contributed by atoms with E-state index in [2.05, 4.69) is 50.9 Å². The summed E-state index contributed by atoms with van der Waals surface area (Å²) in [6.07, 6.45) is 2.05. The molecule has 2 atom stereocenters. The second-order valence-electron chi connectivity index (χ2n) is 6.09. The molecule has 2 heterocycles. The Bertz CT molecular complexity index is 481. The predicted molar refractivity (Wildman–Crippen MR) is 85.2 cm³/mol. The van der Waals surface area contributed by atoms with Gasteiger partial charge in [-0.05, 0) is 45.2 Å². The quantitative estimate of drug-likeness (QED) is 0.923. The summed E-state index contributed by atoms with van der Waals surface area (Å²) in [4.78, 5) is 17.4. The van der Waals surface area contributed by atoms with Crippen LogP contribution >= 0.6 is 11.3 Å². The number of carbonyl (C=O) groups is 1. The molecule has 0 spiro atoms. The number of carbonyl (C=O) groups excluding carboxylic acids is 1. The summed E-state index contributed by atoms with van der Waals surface area (Å²) in [5.41, 5.74) is 1.31. The normalized spacial score (nSPS) is 21.6. The number of rotatable bonds is 4. The molecule has 0 aliphatic carbocycles. The highest BCUT2D eigenvalue weighted by molar-refractivity contribution is 7.12. The molecule has 0 saturated carbocycles. The number of nitrogens with zero attached hydrogens (tertiary/aromatic N) is 1. The number of likely N-dealkylation sites (tertiary alicyclic amines) is 1. The van der Waals surface area contributed by atoms with Gasteiger partial charge in [0, 0.05) is 22.3 Å². The van der Waals surface area contributed by atoms with E-state index >= 15 is 0 Å². The van der Waals surface area contributed by atoms with Crippen LogP contribution in [-0.4, -0.2) is 29.4 Å². The highest BCUT2D eigenvalue weighted by Gasteiger charge is 2.32. The van der Waals surface area contributed by atoms with Gasteiger partial charge < -0.3 is 10.2 Å². The van der Waals surface area contributed by atoms with Gasteiger partial charge in [0.05, 0.1) is 12.1 Å². The second-order valence-corrected chi connectivity index (χ2v) is 7.55. The van der Waals surface area contributed by atoms with Crippen LogP contribution in [0.15, 0.2) is 6.07 Å². The van der Waals surface area contributed by atoms with Crippen LogP contribution in [0.2, 0.25) is 0 Å². The molecule has 0 radical (unpaired) electrons. The summed E-state index contributed by atoms with van der Waals surface area (Å²) in [6, 6.07) is 2.76. The maximum Gasteiger partial charge on any atom is 0.240 e. The third kappa shape index (κ3) is 3.23. The van der Waals surface area contributed by atoms with E-state index in [1.807, 2.05) is 11.3 Å². The molecule has 3 nitrogen and oxygen atoms in total. The molecule has 0 aromatic carbocycles. The average Bonchev–Trinajstić information content (AvgIpc) is 2.70. The van der Waals surface area contributed by atoms with Crippen molar-refractivity contribution in [3.8, 4) is 0 Å². The fourth-order valence-corrected chi connectivity index (χ4v) is 4.09. The monoisotopic (exact) mass is 294 g/mol. The van der Waals surface area contributed by atoms with E-state index in [1.54, 1.807) is 0 Å². The summed E-state index contributed by atoms with van der Waals surface area (Å²) < 4.78 is 0. The molecule has 1 aliphatic rings. The van der Waals surface area contributed by atoms with Gasteiger partial charge in [-0.1, -0.05) is 13.8 Å². The second kappa shape index (κ2) is 6.27. The zero-order valence-electron chi connectivity index (χ0n) is 13.2. The van der Waals surface area contributed by atoms with Gasteiger partial charge in [-0.3, -0.25) is 4.79 Å². The Hall–Kier alpha value is -0.870. The van der Waals surface area contributed by atoms with Gasteiger partial charge >= 0.3 is 0 Å². The number of hydrogen-bond donors (Lipinski definition) is 1. The van der Waals surface area contributed by atoms with Gasteiger partial charge in [-0.15, -0.1) is 11.3 Å². The molecular weight excluding hydrogens is 268 g/mol. The number of piperidine rings is 1. The minimum absolute atomic E-state index is 0.00811. The Balaban J connectivity index is 2.15. The topological polar surface area (TPSA) is 32.3 Å². The number of nitrogens with one attached hydrogen (secondary N) is 1. The molecule has 1 fully saturated rings. The molecule has 20 heavy (non-hydrogen) atoms. The van der Waals surface area contributed by atoms with E-state index in [0.29, 0.717) is 6.04 Å². The molecule has 1 saturated heterocycles. The number of amides is 1. The first-order valence-corrected chi connectivity index (χ1v) is 8.35. The first kappa shape index (κ1) is 15.5. The Labute approximate surface area is 126 Å². The average molecular weight is 294 g/mol. The molecule has 1 aromatic rings. The number of aryl methyl sites for hydroxylation is 2. The van der Waals surface area contributed by atoms with Crippen molar-refractivity contribution in [3.63, 3.8) is 0 Å². The zero-order chi connectivity index (χ0) is 14.9. The largest absolute Gasteiger partial charge is 0.335 e. The van der Waals surface area contributed by atoms with E-state index < -0.39 is 0 Å². The predicted octanol–water partition coefficient (Wildman–Crippen LogP) is 3.41. The summed E-state index contributed by atoms with van der Waals surface area (Å²) in [5, 5.41) is 3.40. The first-order valence-electron chi connectivity index (χ1n) is 7.53. The molecule has 2 unspecified atom stereocenters. The standard InChI is InChI=1S/C16H26N2OS/c1-10(2)17-15-7-6-8-18(16(15)19)12(4)14-9-11(3)20-13(14)5/h9-10,12,15,17H,6-8H2,1-5H3. The minimum Gasteiger partial charge on any atom is -0.335 e. The van der Waals surface area contributed by atoms with Crippen molar-refractivity contribution in [2.75, 3.05) is 6.54 Å². The van der Waals surface area contributed by atoms with Gasteiger partial charge in [0.15, 0.2) is 0 Å². The number of thiophene rings is 1. The molecule has 1 aliphatic heterocycles. The van der Waals surface area contributed by atoms with Crippen molar-refractivity contribution in [1.82, 2.24) is 10.2 Å². The molecule has 0 bridgehead atoms. The third-order valence-corrected chi connectivity index (χ3v) is 4.99. The van der Waals surface area contributed by atoms with E-state index in [-0.39, 0.29) is 18.0 Å². The van der Waals surface area contributed by atoms with Crippen LogP contribution in [0, 0.1) is 13.8 Å². The summed E-state index contributed by atoms with van der Waals surface area (Å²) in [7, 11) is 0. The van der Waals surface area contributed by atoms with Gasteiger partial charge in [-0.25, -0.2) is 0 Å². The molecule has 2 rings (SSSR count). The van der Waals surface area contributed by atoms with Crippen LogP contribution in [0.3, 0.4) is 0 Å². The Morgan fingerprint density at radius 3 is 2.60 bits per heavy atom. The van der Waals surface area contributed by atoms with Crippen molar-refractivity contribution in [3.05, 3.63) is 21.4 Å². The van der Waals surface area contributed by atoms with Crippen LogP contribution in [0.1, 0.15) is 55.0 Å². The molecule has 112 valence electrons. The smallest absolute Gasteiger partial charge is 0.240 e. The molecular formula is C16H26N2OS. The van der Waals surface area contributed by atoms with Crippen LogP contribution < -0.4 is 5.32 Å². The van der Waals surface area contributed by atoms with Crippen molar-refractivity contribution >= 4 is 17.2 Å². The summed E-state index contributed by atoms with van der Waals surface area (Å²) in [5.74, 6) is 0.265. The lowest BCUT2D eigenvalue weighted by Crippen LogP contribution is -2.52. The highest BCUT2D eigenvalue weighted by atomic mass is 32.1. The maximum absolute atomic E-state index is 12.7. The fraction of sp³-hybridized carbons (Fsp3) is 0.688. The van der Waals surface area contributed by atoms with Crippen molar-refractivity contribution < 1.29 is 4.79 Å². The van der Waals surface area contributed by atoms with Gasteiger partial charge in [0.2, 0.25) is 5.91 Å². The van der Waals surface area contributed by atoms with Gasteiger partial charge in [0.1, 0.15) is 0 Å². The van der Waals surface area contributed by atoms with Crippen LogP contribution in [0.4, 0.5) is 0 Å². The lowest BCUT2D eigenvalue weighted by atomic mass is 9.99. The zero-order valence-corrected chi connectivity index (χ0v) is 14.0. The highest BCUT2D eigenvalue weighted by Crippen LogP contribution is 2.31. The Morgan fingerprint density at radius 1 is 1.35 bits per heavy atom. The maximum atomic E-state index is 12.7. The molecule has 4 heteroatoms. The summed E-state index contributed by atoms with van der Waals surface area (Å²) >= 11 is 1.82. The Kier molecular flexibility index (Phi) is 4.86. The molecule has 1 aromatic heterocycles. The van der Waals surface area contributed by atoms with Crippen LogP contribution in [0.5, 0.6) is 0 Å². The summed E-state index contributed by atoms with van der Waals surface area (Å²) in [6.45, 7) is 11.5. The number of hydrogen-bond acceptors (Lipinski definition) is 3. The lowest BCUT2D eigenvalue weighted by molar-refractivity contribution is -0.138. The van der Waals surface area contributed by atoms with Gasteiger partial charge in [-0.2, -0.15) is 0 Å². The van der Waals surface area contributed by atoms with Gasteiger partial charge in [0.25, 0.3) is 0 Å². The fourth-order valence-electron chi connectivity index (χ4n) is 3.07. The lowest BCUT2D eigenvalue weighted by Gasteiger charge is -2.37. The SMILES string of the molecule is Cc1cc(C(C)N2CCCC(NC(C)C)C2=O)c(C)s1. The van der Waals surface area contributed by atoms with Crippen molar-refractivity contribution in [2.45, 2.75) is 65.6 Å².